The van der Waals surface area contributed by atoms with E-state index in [-0.39, 0.29) is 6.42 Å². The van der Waals surface area contributed by atoms with E-state index in [4.69, 9.17) is 9.79 Å². The predicted molar refractivity (Wildman–Crippen MR) is 54.5 cm³/mol. The van der Waals surface area contributed by atoms with Crippen molar-refractivity contribution >= 4 is 22.1 Å². The Morgan fingerprint density at radius 2 is 2.12 bits per heavy atom. The van der Waals surface area contributed by atoms with E-state index in [0.717, 1.165) is 6.66 Å². The van der Waals surface area contributed by atoms with Gasteiger partial charge in [-0.1, -0.05) is 0 Å². The largest absolute Gasteiger partial charge is 0.388 e. The van der Waals surface area contributed by atoms with E-state index in [1.54, 1.807) is 0 Å². The average molecular weight is 276 g/mol. The zero-order valence-electron chi connectivity index (χ0n) is 8.48. The molecule has 0 amide bonds. The molecule has 96 valence electrons. The lowest BCUT2D eigenvalue weighted by molar-refractivity contribution is -0.111. The molecule has 0 saturated carbocycles. The van der Waals surface area contributed by atoms with Gasteiger partial charge < -0.3 is 28.7 Å². The number of carbonyl (C=O) groups is 1. The zero-order valence-corrected chi connectivity index (χ0v) is 10.4. The van der Waals surface area contributed by atoms with Crippen LogP contribution in [-0.2, 0) is 23.0 Å². The van der Waals surface area contributed by atoms with Crippen molar-refractivity contribution in [3.05, 3.63) is 0 Å². The smallest absolute Gasteiger partial charge is 0.325 e. The van der Waals surface area contributed by atoms with Crippen LogP contribution in [0.2, 0.25) is 0 Å². The van der Waals surface area contributed by atoms with E-state index in [2.05, 4.69) is 9.05 Å². The van der Waals surface area contributed by atoms with Gasteiger partial charge in [-0.05, 0) is 0 Å². The summed E-state index contributed by atoms with van der Waals surface area (Å²) in [5.41, 5.74) is 0. The fourth-order valence-corrected chi connectivity index (χ4v) is 1.77. The Kier molecular flexibility index (Phi) is 7.26. The van der Waals surface area contributed by atoms with E-state index < -0.39 is 34.7 Å². The number of aliphatic hydroxyl groups excluding tert-OH is 1. The maximum absolute atomic E-state index is 10.7. The SMILES string of the molecule is CP(=O)(O)OCC(O)C(CC=O)O[PH](=O)O. The highest BCUT2D eigenvalue weighted by Crippen LogP contribution is 2.37. The van der Waals surface area contributed by atoms with E-state index in [0.29, 0.717) is 6.29 Å². The number of aldehydes is 1. The van der Waals surface area contributed by atoms with Crippen LogP contribution in [-0.4, -0.2) is 46.7 Å². The van der Waals surface area contributed by atoms with Crippen LogP contribution < -0.4 is 0 Å². The van der Waals surface area contributed by atoms with Gasteiger partial charge in [0, 0.05) is 13.1 Å². The molecule has 0 aliphatic rings. The number of hydrogen-bond acceptors (Lipinski definition) is 6. The molecule has 8 nitrogen and oxygen atoms in total. The summed E-state index contributed by atoms with van der Waals surface area (Å²) in [6.45, 7) is 0.349. The molecular formula is C6H14O8P2. The van der Waals surface area contributed by atoms with Crippen molar-refractivity contribution in [1.29, 1.82) is 0 Å². The highest BCUT2D eigenvalue weighted by atomic mass is 31.2. The Morgan fingerprint density at radius 1 is 1.56 bits per heavy atom. The summed E-state index contributed by atoms with van der Waals surface area (Å²) in [4.78, 5) is 27.4. The molecule has 0 aromatic rings. The third-order valence-electron chi connectivity index (χ3n) is 1.49. The molecule has 4 atom stereocenters. The standard InChI is InChI=1S/C6H14O8P2/c1-16(11,12)13-4-5(8)6(2-3-7)14-15(9)10/h3,5-6,8,15H,2,4H2,1H3,(H,9,10)(H,11,12). The van der Waals surface area contributed by atoms with E-state index >= 15 is 0 Å². The molecule has 3 N–H and O–H groups in total. The fourth-order valence-electron chi connectivity index (χ4n) is 0.830. The predicted octanol–water partition coefficient (Wildman–Crippen LogP) is -0.465. The van der Waals surface area contributed by atoms with Gasteiger partial charge in [-0.2, -0.15) is 0 Å². The van der Waals surface area contributed by atoms with Crippen molar-refractivity contribution in [2.45, 2.75) is 18.6 Å². The molecule has 0 aromatic carbocycles. The second-order valence-electron chi connectivity index (χ2n) is 2.99. The molecule has 0 spiro atoms. The first-order chi connectivity index (χ1) is 7.26. The maximum Gasteiger partial charge on any atom is 0.325 e. The fraction of sp³-hybridized carbons (Fsp3) is 0.833. The molecule has 0 aliphatic carbocycles. The summed E-state index contributed by atoms with van der Waals surface area (Å²) in [5.74, 6) is 0. The Bertz CT molecular complexity index is 286. The minimum absolute atomic E-state index is 0.319. The molecule has 16 heavy (non-hydrogen) atoms. The summed E-state index contributed by atoms with van der Waals surface area (Å²) in [6, 6.07) is 0. The maximum atomic E-state index is 10.7. The quantitative estimate of drug-likeness (QED) is 0.401. The van der Waals surface area contributed by atoms with Gasteiger partial charge in [-0.15, -0.1) is 0 Å². The lowest BCUT2D eigenvalue weighted by atomic mass is 10.2. The van der Waals surface area contributed by atoms with Crippen molar-refractivity contribution in [3.63, 3.8) is 0 Å². The van der Waals surface area contributed by atoms with Crippen LogP contribution in [0.1, 0.15) is 6.42 Å². The van der Waals surface area contributed by atoms with E-state index in [9.17, 15) is 19.0 Å². The molecule has 0 bridgehead atoms. The van der Waals surface area contributed by atoms with Gasteiger partial charge in [0.25, 0.3) is 0 Å². The van der Waals surface area contributed by atoms with Crippen LogP contribution in [0, 0.1) is 0 Å². The van der Waals surface area contributed by atoms with Crippen molar-refractivity contribution in [3.8, 4) is 0 Å². The summed E-state index contributed by atoms with van der Waals surface area (Å²) >= 11 is 0. The van der Waals surface area contributed by atoms with Gasteiger partial charge in [-0.25, -0.2) is 0 Å². The molecular weight excluding hydrogens is 262 g/mol. The molecule has 0 aliphatic heterocycles. The van der Waals surface area contributed by atoms with Crippen molar-refractivity contribution in [1.82, 2.24) is 0 Å². The summed E-state index contributed by atoms with van der Waals surface area (Å²) < 4.78 is 29.9. The normalized spacial score (nSPS) is 20.8. The molecule has 0 saturated heterocycles. The topological polar surface area (TPSA) is 130 Å². The molecule has 0 fully saturated rings. The van der Waals surface area contributed by atoms with Gasteiger partial charge in [0.1, 0.15) is 18.5 Å². The second-order valence-corrected chi connectivity index (χ2v) is 5.62. The first kappa shape index (κ1) is 15.9. The van der Waals surface area contributed by atoms with Crippen molar-refractivity contribution in [2.75, 3.05) is 13.3 Å². The van der Waals surface area contributed by atoms with Crippen LogP contribution in [0.25, 0.3) is 0 Å². The van der Waals surface area contributed by atoms with E-state index in [1.165, 1.54) is 0 Å². The Morgan fingerprint density at radius 3 is 2.50 bits per heavy atom. The number of aliphatic hydroxyl groups is 1. The number of carbonyl (C=O) groups excluding carboxylic acids is 1. The molecule has 0 rings (SSSR count). The van der Waals surface area contributed by atoms with Crippen molar-refractivity contribution in [2.24, 2.45) is 0 Å². The second kappa shape index (κ2) is 7.29. The van der Waals surface area contributed by atoms with Crippen LogP contribution in [0.5, 0.6) is 0 Å². The van der Waals surface area contributed by atoms with Gasteiger partial charge in [0.05, 0.1) is 6.61 Å². The Hall–Kier alpha value is -0.0700. The minimum Gasteiger partial charge on any atom is -0.388 e. The summed E-state index contributed by atoms with van der Waals surface area (Å²) in [5, 5.41) is 9.38. The van der Waals surface area contributed by atoms with E-state index in [1.807, 2.05) is 0 Å². The molecule has 4 unspecified atom stereocenters. The van der Waals surface area contributed by atoms with Gasteiger partial charge in [-0.3, -0.25) is 9.13 Å². The summed E-state index contributed by atoms with van der Waals surface area (Å²) in [7, 11) is -7.06. The van der Waals surface area contributed by atoms with Gasteiger partial charge >= 0.3 is 15.9 Å². The van der Waals surface area contributed by atoms with Gasteiger partial charge in [0.2, 0.25) is 0 Å². The molecule has 10 heteroatoms. The first-order valence-electron chi connectivity index (χ1n) is 4.22. The summed E-state index contributed by atoms with van der Waals surface area (Å²) in [6.07, 6.45) is -2.60. The van der Waals surface area contributed by atoms with Crippen LogP contribution in [0.15, 0.2) is 0 Å². The van der Waals surface area contributed by atoms with Crippen molar-refractivity contribution < 1.29 is 37.9 Å². The number of hydrogen-bond donors (Lipinski definition) is 3. The molecule has 0 heterocycles. The van der Waals surface area contributed by atoms with Crippen LogP contribution in [0.3, 0.4) is 0 Å². The molecule has 0 radical (unpaired) electrons. The average Bonchev–Trinajstić information content (AvgIpc) is 2.11. The van der Waals surface area contributed by atoms with Crippen LogP contribution >= 0.6 is 15.9 Å². The highest BCUT2D eigenvalue weighted by molar-refractivity contribution is 7.51. The Balaban J connectivity index is 4.26. The van der Waals surface area contributed by atoms with Gasteiger partial charge in [0.15, 0.2) is 0 Å². The third kappa shape index (κ3) is 8.13. The number of rotatable bonds is 8. The first-order valence-corrected chi connectivity index (χ1v) is 7.51. The molecule has 0 aromatic heterocycles. The highest BCUT2D eigenvalue weighted by Gasteiger charge is 2.24. The Labute approximate surface area is 92.7 Å². The lowest BCUT2D eigenvalue weighted by Gasteiger charge is -2.20. The zero-order chi connectivity index (χ0) is 12.8. The minimum atomic E-state index is -3.75. The van der Waals surface area contributed by atoms with Crippen LogP contribution in [0.4, 0.5) is 0 Å². The third-order valence-corrected chi connectivity index (χ3v) is 2.63. The lowest BCUT2D eigenvalue weighted by Crippen LogP contribution is -2.31. The monoisotopic (exact) mass is 276 g/mol.